The number of esters is 1. The SMILES string of the molecule is COC(=O)C1CN(S(=O)(=O)c2cc3ccc(Cl)cc3s2)CC(=O)N1C(c1ccnc(N(C)C)n1)C1CCNCC1. The molecule has 2 aromatic heterocycles. The molecule has 0 spiro atoms. The van der Waals surface area contributed by atoms with Gasteiger partial charge in [0.1, 0.15) is 10.3 Å². The minimum atomic E-state index is -4.09. The van der Waals surface area contributed by atoms with Crippen LogP contribution in [0.2, 0.25) is 5.02 Å². The molecule has 4 heterocycles. The highest BCUT2D eigenvalue weighted by molar-refractivity contribution is 7.91. The van der Waals surface area contributed by atoms with E-state index in [1.807, 2.05) is 14.1 Å². The molecule has 0 saturated carbocycles. The molecule has 2 fully saturated rings. The molecule has 5 rings (SSSR count). The standard InChI is InChI=1S/C26H31ClN6O5S2/c1-31(2)26-29-11-8-19(30-26)24(16-6-9-28-10-7-16)33-20(25(35)38-3)14-32(15-22(33)34)40(36,37)23-12-17-4-5-18(27)13-21(17)39-23/h4-5,8,11-13,16,20,24,28H,6-7,9-10,14-15H2,1-3H3. The average Bonchev–Trinajstić information content (AvgIpc) is 3.38. The first-order valence-electron chi connectivity index (χ1n) is 12.9. The van der Waals surface area contributed by atoms with Gasteiger partial charge in [0.25, 0.3) is 10.0 Å². The quantitative estimate of drug-likeness (QED) is 0.404. The number of fused-ring (bicyclic) bond motifs is 1. The largest absolute Gasteiger partial charge is 0.467 e. The van der Waals surface area contributed by atoms with E-state index in [0.29, 0.717) is 21.4 Å². The maximum Gasteiger partial charge on any atom is 0.329 e. The van der Waals surface area contributed by atoms with Crippen molar-refractivity contribution in [2.24, 2.45) is 5.92 Å². The van der Waals surface area contributed by atoms with Gasteiger partial charge < -0.3 is 19.9 Å². The summed E-state index contributed by atoms with van der Waals surface area (Å²) in [5.74, 6) is -0.692. The van der Waals surface area contributed by atoms with Crippen LogP contribution in [0.5, 0.6) is 0 Å². The van der Waals surface area contributed by atoms with Crippen LogP contribution in [0.4, 0.5) is 5.95 Å². The van der Waals surface area contributed by atoms with Crippen LogP contribution < -0.4 is 10.2 Å². The molecule has 11 nitrogen and oxygen atoms in total. The van der Waals surface area contributed by atoms with E-state index in [1.165, 1.54) is 12.0 Å². The monoisotopic (exact) mass is 606 g/mol. The van der Waals surface area contributed by atoms with Gasteiger partial charge in [0.2, 0.25) is 11.9 Å². The number of sulfonamides is 1. The van der Waals surface area contributed by atoms with Crippen LogP contribution in [0.3, 0.4) is 0 Å². The number of ether oxygens (including phenoxy) is 1. The summed E-state index contributed by atoms with van der Waals surface area (Å²) in [4.78, 5) is 39.5. The lowest BCUT2D eigenvalue weighted by Crippen LogP contribution is -2.62. The molecule has 40 heavy (non-hydrogen) atoms. The number of nitrogens with one attached hydrogen (secondary N) is 1. The Kier molecular flexibility index (Phi) is 8.30. The number of rotatable bonds is 7. The molecular formula is C26H31ClN6O5S2. The average molecular weight is 607 g/mol. The number of carbonyl (C=O) groups is 2. The number of amides is 1. The van der Waals surface area contributed by atoms with E-state index in [-0.39, 0.29) is 16.7 Å². The normalized spacial score (nSPS) is 20.1. The highest BCUT2D eigenvalue weighted by atomic mass is 35.5. The van der Waals surface area contributed by atoms with Gasteiger partial charge in [-0.05, 0) is 61.5 Å². The number of halogens is 1. The number of piperazine rings is 1. The van der Waals surface area contributed by atoms with Gasteiger partial charge in [0.05, 0.1) is 25.4 Å². The fourth-order valence-electron chi connectivity index (χ4n) is 5.36. The number of piperidine rings is 1. The molecule has 2 aliphatic heterocycles. The maximum absolute atomic E-state index is 13.9. The Balaban J connectivity index is 1.54. The summed E-state index contributed by atoms with van der Waals surface area (Å²) in [6.45, 7) is 0.878. The number of hydrogen-bond donors (Lipinski definition) is 1. The number of carbonyl (C=O) groups excluding carboxylic acids is 2. The van der Waals surface area contributed by atoms with Gasteiger partial charge in [-0.25, -0.2) is 23.2 Å². The van der Waals surface area contributed by atoms with Crippen molar-refractivity contribution in [3.8, 4) is 0 Å². The van der Waals surface area contributed by atoms with Gasteiger partial charge in [-0.15, -0.1) is 11.3 Å². The summed E-state index contributed by atoms with van der Waals surface area (Å²) in [5, 5.41) is 4.57. The van der Waals surface area contributed by atoms with Gasteiger partial charge in [0.15, 0.2) is 0 Å². The highest BCUT2D eigenvalue weighted by Gasteiger charge is 2.48. The zero-order chi connectivity index (χ0) is 28.6. The molecule has 2 aliphatic rings. The molecule has 14 heteroatoms. The van der Waals surface area contributed by atoms with Gasteiger partial charge in [-0.3, -0.25) is 4.79 Å². The van der Waals surface area contributed by atoms with Crippen LogP contribution in [0.1, 0.15) is 24.6 Å². The number of methoxy groups -OCH3 is 1. The van der Waals surface area contributed by atoms with Gasteiger partial charge in [-0.2, -0.15) is 4.31 Å². The van der Waals surface area contributed by atoms with E-state index in [9.17, 15) is 18.0 Å². The Morgan fingerprint density at radius 2 is 1.98 bits per heavy atom. The molecular weight excluding hydrogens is 576 g/mol. The predicted octanol–water partition coefficient (Wildman–Crippen LogP) is 2.53. The van der Waals surface area contributed by atoms with Crippen LogP contribution >= 0.6 is 22.9 Å². The minimum Gasteiger partial charge on any atom is -0.467 e. The summed E-state index contributed by atoms with van der Waals surface area (Å²) >= 11 is 7.17. The van der Waals surface area contributed by atoms with E-state index >= 15 is 0 Å². The first kappa shape index (κ1) is 28.7. The Morgan fingerprint density at radius 1 is 1.23 bits per heavy atom. The topological polar surface area (TPSA) is 125 Å². The van der Waals surface area contributed by atoms with Crippen LogP contribution in [0.25, 0.3) is 10.1 Å². The summed E-state index contributed by atoms with van der Waals surface area (Å²) in [6.07, 6.45) is 3.16. The fourth-order valence-corrected chi connectivity index (χ4v) is 8.58. The van der Waals surface area contributed by atoms with E-state index in [0.717, 1.165) is 47.0 Å². The number of anilines is 1. The van der Waals surface area contributed by atoms with Crippen molar-refractivity contribution in [3.63, 3.8) is 0 Å². The van der Waals surface area contributed by atoms with Crippen molar-refractivity contribution in [1.29, 1.82) is 0 Å². The first-order valence-corrected chi connectivity index (χ1v) is 15.5. The van der Waals surface area contributed by atoms with Crippen LogP contribution in [0.15, 0.2) is 40.7 Å². The Bertz CT molecular complexity index is 1520. The van der Waals surface area contributed by atoms with E-state index < -0.39 is 40.5 Å². The number of thiophene rings is 1. The van der Waals surface area contributed by atoms with Gasteiger partial charge in [0, 0.05) is 36.6 Å². The zero-order valence-electron chi connectivity index (χ0n) is 22.4. The summed E-state index contributed by atoms with van der Waals surface area (Å²) in [5.41, 5.74) is 0.602. The number of benzene rings is 1. The second-order valence-electron chi connectivity index (χ2n) is 10.1. The van der Waals surface area contributed by atoms with Crippen molar-refractivity contribution in [2.75, 3.05) is 52.3 Å². The van der Waals surface area contributed by atoms with Crippen LogP contribution in [0, 0.1) is 5.92 Å². The summed E-state index contributed by atoms with van der Waals surface area (Å²) in [6, 6.07) is 6.76. The van der Waals surface area contributed by atoms with Gasteiger partial charge in [-0.1, -0.05) is 17.7 Å². The van der Waals surface area contributed by atoms with Crippen LogP contribution in [-0.2, 0) is 24.3 Å². The number of hydrogen-bond acceptors (Lipinski definition) is 10. The smallest absolute Gasteiger partial charge is 0.329 e. The van der Waals surface area contributed by atoms with Crippen molar-refractivity contribution >= 4 is 60.9 Å². The first-order chi connectivity index (χ1) is 19.1. The molecule has 0 radical (unpaired) electrons. The van der Waals surface area contributed by atoms with Gasteiger partial charge >= 0.3 is 5.97 Å². The molecule has 0 aliphatic carbocycles. The molecule has 1 aromatic carbocycles. The summed E-state index contributed by atoms with van der Waals surface area (Å²) in [7, 11) is 0.801. The predicted molar refractivity (Wildman–Crippen MR) is 153 cm³/mol. The minimum absolute atomic E-state index is 0.00207. The Hall–Kier alpha value is -2.84. The molecule has 3 aromatic rings. The van der Waals surface area contributed by atoms with Crippen molar-refractivity contribution in [3.05, 3.63) is 47.2 Å². The van der Waals surface area contributed by atoms with Crippen LogP contribution in [-0.4, -0.2) is 92.9 Å². The third-order valence-corrected chi connectivity index (χ3v) is 10.9. The molecule has 2 saturated heterocycles. The van der Waals surface area contributed by atoms with E-state index in [2.05, 4.69) is 10.3 Å². The number of aromatic nitrogens is 2. The Morgan fingerprint density at radius 3 is 2.67 bits per heavy atom. The molecule has 214 valence electrons. The highest BCUT2D eigenvalue weighted by Crippen LogP contribution is 2.39. The second kappa shape index (κ2) is 11.6. The third-order valence-electron chi connectivity index (χ3n) is 7.34. The van der Waals surface area contributed by atoms with Crippen molar-refractivity contribution in [1.82, 2.24) is 24.5 Å². The van der Waals surface area contributed by atoms with Crippen molar-refractivity contribution < 1.29 is 22.7 Å². The number of nitrogens with zero attached hydrogens (tertiary/aromatic N) is 5. The lowest BCUT2D eigenvalue weighted by molar-refractivity contribution is -0.160. The lowest BCUT2D eigenvalue weighted by atomic mass is 9.85. The molecule has 1 N–H and O–H groups in total. The molecule has 0 bridgehead atoms. The third kappa shape index (κ3) is 5.53. The second-order valence-corrected chi connectivity index (χ2v) is 13.8. The van der Waals surface area contributed by atoms with E-state index in [1.54, 1.807) is 41.4 Å². The fraction of sp³-hybridized carbons (Fsp3) is 0.462. The zero-order valence-corrected chi connectivity index (χ0v) is 24.8. The summed E-state index contributed by atoms with van der Waals surface area (Å²) < 4.78 is 34.5. The molecule has 2 unspecified atom stereocenters. The molecule has 1 amide bonds. The lowest BCUT2D eigenvalue weighted by Gasteiger charge is -2.46. The Labute approximate surface area is 242 Å². The van der Waals surface area contributed by atoms with Crippen molar-refractivity contribution in [2.45, 2.75) is 29.1 Å². The molecule has 2 atom stereocenters. The maximum atomic E-state index is 13.9. The van der Waals surface area contributed by atoms with E-state index in [4.69, 9.17) is 21.3 Å².